The highest BCUT2D eigenvalue weighted by molar-refractivity contribution is 8.00. The standard InChI is InChI=1S/C21H18N2O4S/c1-12(19(24)15-6-5-13-3-2-4-14(13)9-15)28-21-23-22-20(27-21)16-7-8-17-18(10-16)26-11-25-17/h5-10,12H,2-4,11H2,1H3. The summed E-state index contributed by atoms with van der Waals surface area (Å²) in [6.07, 6.45) is 3.33. The molecule has 2 heterocycles. The Morgan fingerprint density at radius 1 is 1.04 bits per heavy atom. The van der Waals surface area contributed by atoms with Gasteiger partial charge in [-0.3, -0.25) is 4.79 Å². The van der Waals surface area contributed by atoms with Crippen molar-refractivity contribution >= 4 is 17.5 Å². The lowest BCUT2D eigenvalue weighted by atomic mass is 10.0. The Bertz CT molecular complexity index is 1060. The van der Waals surface area contributed by atoms with Crippen LogP contribution in [0.3, 0.4) is 0 Å². The average Bonchev–Trinajstić information content (AvgIpc) is 3.46. The Morgan fingerprint density at radius 3 is 2.82 bits per heavy atom. The van der Waals surface area contributed by atoms with E-state index < -0.39 is 0 Å². The van der Waals surface area contributed by atoms with Crippen molar-refractivity contribution in [2.75, 3.05) is 6.79 Å². The second-order valence-electron chi connectivity index (χ2n) is 6.90. The molecule has 7 heteroatoms. The van der Waals surface area contributed by atoms with Crippen molar-refractivity contribution < 1.29 is 18.7 Å². The summed E-state index contributed by atoms with van der Waals surface area (Å²) in [6, 6.07) is 11.5. The number of fused-ring (bicyclic) bond motifs is 2. The molecule has 0 radical (unpaired) electrons. The van der Waals surface area contributed by atoms with Gasteiger partial charge in [0, 0.05) is 11.1 Å². The summed E-state index contributed by atoms with van der Waals surface area (Å²) >= 11 is 1.27. The maximum absolute atomic E-state index is 12.8. The molecule has 1 atom stereocenters. The first-order valence-corrected chi connectivity index (χ1v) is 10.1. The van der Waals surface area contributed by atoms with Crippen molar-refractivity contribution in [3.63, 3.8) is 0 Å². The number of hydrogen-bond acceptors (Lipinski definition) is 7. The number of carbonyl (C=O) groups excluding carboxylic acids is 1. The quantitative estimate of drug-likeness (QED) is 0.471. The van der Waals surface area contributed by atoms with Gasteiger partial charge in [-0.05, 0) is 61.6 Å². The molecule has 5 rings (SSSR count). The fourth-order valence-electron chi connectivity index (χ4n) is 3.57. The zero-order valence-electron chi connectivity index (χ0n) is 15.3. The van der Waals surface area contributed by atoms with E-state index in [-0.39, 0.29) is 17.8 Å². The van der Waals surface area contributed by atoms with E-state index in [1.54, 1.807) is 0 Å². The van der Waals surface area contributed by atoms with E-state index in [0.717, 1.165) is 24.0 Å². The van der Waals surface area contributed by atoms with Crippen LogP contribution < -0.4 is 9.47 Å². The van der Waals surface area contributed by atoms with Crippen molar-refractivity contribution in [3.8, 4) is 23.0 Å². The molecule has 2 aromatic carbocycles. The van der Waals surface area contributed by atoms with Gasteiger partial charge in [-0.15, -0.1) is 10.2 Å². The Balaban J connectivity index is 1.30. The van der Waals surface area contributed by atoms with E-state index >= 15 is 0 Å². The fourth-order valence-corrected chi connectivity index (χ4v) is 4.33. The normalized spacial score (nSPS) is 15.5. The van der Waals surface area contributed by atoms with Gasteiger partial charge < -0.3 is 13.9 Å². The Hall–Kier alpha value is -2.80. The number of hydrogen-bond donors (Lipinski definition) is 0. The van der Waals surface area contributed by atoms with Crippen molar-refractivity contribution in [1.29, 1.82) is 0 Å². The van der Waals surface area contributed by atoms with E-state index in [2.05, 4.69) is 16.3 Å². The Labute approximate surface area is 166 Å². The largest absolute Gasteiger partial charge is 0.454 e. The van der Waals surface area contributed by atoms with Gasteiger partial charge in [-0.1, -0.05) is 23.9 Å². The maximum Gasteiger partial charge on any atom is 0.277 e. The molecule has 28 heavy (non-hydrogen) atoms. The first-order valence-electron chi connectivity index (χ1n) is 9.23. The van der Waals surface area contributed by atoms with Gasteiger partial charge in [0.25, 0.3) is 5.22 Å². The topological polar surface area (TPSA) is 74.5 Å². The molecule has 1 aromatic heterocycles. The molecule has 2 aliphatic rings. The smallest absolute Gasteiger partial charge is 0.277 e. The minimum Gasteiger partial charge on any atom is -0.454 e. The zero-order valence-corrected chi connectivity index (χ0v) is 16.1. The van der Waals surface area contributed by atoms with Crippen molar-refractivity contribution in [2.24, 2.45) is 0 Å². The third kappa shape index (κ3) is 3.16. The molecule has 0 N–H and O–H groups in total. The van der Waals surface area contributed by atoms with Crippen molar-refractivity contribution in [3.05, 3.63) is 53.1 Å². The maximum atomic E-state index is 12.8. The van der Waals surface area contributed by atoms with Crippen LogP contribution in [0.2, 0.25) is 0 Å². The average molecular weight is 394 g/mol. The first-order chi connectivity index (χ1) is 13.7. The third-order valence-corrected chi connectivity index (χ3v) is 5.99. The molecule has 1 aliphatic carbocycles. The van der Waals surface area contributed by atoms with Gasteiger partial charge in [-0.25, -0.2) is 0 Å². The van der Waals surface area contributed by atoms with Crippen LogP contribution in [0.1, 0.15) is 34.8 Å². The number of ketones is 1. The lowest BCUT2D eigenvalue weighted by Gasteiger charge is -2.09. The van der Waals surface area contributed by atoms with Gasteiger partial charge in [0.1, 0.15) is 0 Å². The van der Waals surface area contributed by atoms with Crippen molar-refractivity contribution in [2.45, 2.75) is 36.7 Å². The Kier molecular flexibility index (Phi) is 4.31. The number of ether oxygens (including phenoxy) is 2. The number of Topliss-reactive ketones (excluding diaryl/α,β-unsaturated/α-hetero) is 1. The molecule has 1 unspecified atom stereocenters. The molecule has 0 spiro atoms. The van der Waals surface area contributed by atoms with E-state index in [4.69, 9.17) is 13.9 Å². The zero-order chi connectivity index (χ0) is 19.1. The van der Waals surface area contributed by atoms with E-state index in [1.807, 2.05) is 37.3 Å². The molecule has 6 nitrogen and oxygen atoms in total. The van der Waals surface area contributed by atoms with E-state index in [9.17, 15) is 4.79 Å². The van der Waals surface area contributed by atoms with Gasteiger partial charge in [0.15, 0.2) is 17.3 Å². The summed E-state index contributed by atoms with van der Waals surface area (Å²) in [4.78, 5) is 12.8. The molecule has 142 valence electrons. The number of carbonyl (C=O) groups is 1. The number of rotatable bonds is 5. The molecule has 3 aromatic rings. The first kappa shape index (κ1) is 17.3. The Morgan fingerprint density at radius 2 is 1.89 bits per heavy atom. The van der Waals surface area contributed by atoms with Crippen LogP contribution >= 0.6 is 11.8 Å². The van der Waals surface area contributed by atoms with Crippen LogP contribution in [0, 0.1) is 0 Å². The van der Waals surface area contributed by atoms with Crippen LogP contribution in [-0.2, 0) is 12.8 Å². The molecular weight excluding hydrogens is 376 g/mol. The van der Waals surface area contributed by atoms with Crippen LogP contribution in [0.4, 0.5) is 0 Å². The van der Waals surface area contributed by atoms with Crippen LogP contribution in [0.15, 0.2) is 46.0 Å². The minimum atomic E-state index is -0.315. The molecular formula is C21H18N2O4S. The summed E-state index contributed by atoms with van der Waals surface area (Å²) in [5.41, 5.74) is 4.16. The van der Waals surface area contributed by atoms with Gasteiger partial charge in [0.05, 0.1) is 5.25 Å². The fraction of sp³-hybridized carbons (Fsp3) is 0.286. The lowest BCUT2D eigenvalue weighted by molar-refractivity contribution is 0.0993. The van der Waals surface area contributed by atoms with Gasteiger partial charge in [0.2, 0.25) is 12.7 Å². The number of nitrogens with zero attached hydrogens (tertiary/aromatic N) is 2. The summed E-state index contributed by atoms with van der Waals surface area (Å²) in [5.74, 6) is 1.82. The number of aryl methyl sites for hydroxylation is 2. The second kappa shape index (κ2) is 6.98. The van der Waals surface area contributed by atoms with Crippen LogP contribution in [-0.4, -0.2) is 28.0 Å². The summed E-state index contributed by atoms with van der Waals surface area (Å²) in [6.45, 7) is 2.08. The number of aromatic nitrogens is 2. The highest BCUT2D eigenvalue weighted by atomic mass is 32.2. The van der Waals surface area contributed by atoms with Crippen LogP contribution in [0.25, 0.3) is 11.5 Å². The van der Waals surface area contributed by atoms with Gasteiger partial charge >= 0.3 is 0 Å². The molecule has 1 aliphatic heterocycles. The highest BCUT2D eigenvalue weighted by Gasteiger charge is 2.22. The number of benzene rings is 2. The van der Waals surface area contributed by atoms with Gasteiger partial charge in [-0.2, -0.15) is 0 Å². The second-order valence-corrected chi connectivity index (χ2v) is 8.19. The predicted molar refractivity (Wildman–Crippen MR) is 104 cm³/mol. The summed E-state index contributed by atoms with van der Waals surface area (Å²) < 4.78 is 16.4. The van der Waals surface area contributed by atoms with Crippen LogP contribution in [0.5, 0.6) is 11.5 Å². The third-order valence-electron chi connectivity index (χ3n) is 5.06. The predicted octanol–water partition coefficient (Wildman–Crippen LogP) is 4.32. The monoisotopic (exact) mass is 394 g/mol. The molecule has 0 bridgehead atoms. The lowest BCUT2D eigenvalue weighted by Crippen LogP contribution is -2.13. The molecule has 0 amide bonds. The van der Waals surface area contributed by atoms with E-state index in [1.165, 1.54) is 29.3 Å². The molecule has 0 fully saturated rings. The minimum absolute atomic E-state index is 0.0718. The SMILES string of the molecule is CC(Sc1nnc(-c2ccc3c(c2)OCO3)o1)C(=O)c1ccc2c(c1)CCC2. The van der Waals surface area contributed by atoms with E-state index in [0.29, 0.717) is 22.6 Å². The summed E-state index contributed by atoms with van der Waals surface area (Å²) in [7, 11) is 0. The summed E-state index contributed by atoms with van der Waals surface area (Å²) in [5, 5.41) is 8.24. The number of thioether (sulfide) groups is 1. The molecule has 0 saturated heterocycles. The molecule has 0 saturated carbocycles. The highest BCUT2D eigenvalue weighted by Crippen LogP contribution is 2.36. The van der Waals surface area contributed by atoms with Crippen molar-refractivity contribution in [1.82, 2.24) is 10.2 Å².